The molecule has 1 unspecified atom stereocenters. The SMILES string of the molecule is CCOc1ccc(C(=O)OCC2CN(C)CCO2)cc1N. The van der Waals surface area contributed by atoms with Crippen LogP contribution in [0, 0.1) is 0 Å². The molecule has 21 heavy (non-hydrogen) atoms. The fraction of sp³-hybridized carbons (Fsp3) is 0.533. The Labute approximate surface area is 124 Å². The first-order valence-corrected chi connectivity index (χ1v) is 7.09. The maximum Gasteiger partial charge on any atom is 0.338 e. The van der Waals surface area contributed by atoms with Crippen molar-refractivity contribution >= 4 is 11.7 Å². The highest BCUT2D eigenvalue weighted by Gasteiger charge is 2.20. The molecule has 1 heterocycles. The Kier molecular flexibility index (Phi) is 5.41. The van der Waals surface area contributed by atoms with Crippen LogP contribution < -0.4 is 10.5 Å². The van der Waals surface area contributed by atoms with Crippen molar-refractivity contribution in [1.82, 2.24) is 4.90 Å². The Balaban J connectivity index is 1.89. The van der Waals surface area contributed by atoms with Gasteiger partial charge in [-0.3, -0.25) is 0 Å². The van der Waals surface area contributed by atoms with Crippen molar-refractivity contribution in [2.45, 2.75) is 13.0 Å². The summed E-state index contributed by atoms with van der Waals surface area (Å²) in [7, 11) is 2.02. The highest BCUT2D eigenvalue weighted by Crippen LogP contribution is 2.23. The molecule has 1 aromatic carbocycles. The Hall–Kier alpha value is -1.79. The van der Waals surface area contributed by atoms with Crippen LogP contribution >= 0.6 is 0 Å². The molecule has 2 rings (SSSR count). The number of ether oxygens (including phenoxy) is 3. The minimum absolute atomic E-state index is 0.0762. The molecule has 0 radical (unpaired) electrons. The van der Waals surface area contributed by atoms with Crippen LogP contribution in [0.15, 0.2) is 18.2 Å². The average molecular weight is 294 g/mol. The molecule has 6 heteroatoms. The second-order valence-electron chi connectivity index (χ2n) is 5.04. The number of nitrogens with zero attached hydrogens (tertiary/aromatic N) is 1. The lowest BCUT2D eigenvalue weighted by molar-refractivity contribution is -0.0528. The second kappa shape index (κ2) is 7.28. The van der Waals surface area contributed by atoms with E-state index in [-0.39, 0.29) is 12.7 Å². The molecule has 1 atom stereocenters. The monoisotopic (exact) mass is 294 g/mol. The molecule has 1 aromatic rings. The number of benzene rings is 1. The Morgan fingerprint density at radius 2 is 2.33 bits per heavy atom. The van der Waals surface area contributed by atoms with Gasteiger partial charge in [-0.2, -0.15) is 0 Å². The fourth-order valence-corrected chi connectivity index (χ4v) is 2.18. The van der Waals surface area contributed by atoms with E-state index in [0.29, 0.717) is 30.2 Å². The molecular weight excluding hydrogens is 272 g/mol. The predicted molar refractivity (Wildman–Crippen MR) is 79.5 cm³/mol. The first kappa shape index (κ1) is 15.6. The van der Waals surface area contributed by atoms with E-state index in [9.17, 15) is 4.79 Å². The van der Waals surface area contributed by atoms with Gasteiger partial charge in [0.2, 0.25) is 0 Å². The average Bonchev–Trinajstić information content (AvgIpc) is 2.47. The van der Waals surface area contributed by atoms with Crippen LogP contribution in [-0.4, -0.2) is 56.9 Å². The van der Waals surface area contributed by atoms with Crippen LogP contribution in [0.3, 0.4) is 0 Å². The lowest BCUT2D eigenvalue weighted by atomic mass is 10.2. The lowest BCUT2D eigenvalue weighted by Crippen LogP contribution is -2.42. The van der Waals surface area contributed by atoms with Gasteiger partial charge in [-0.1, -0.05) is 0 Å². The summed E-state index contributed by atoms with van der Waals surface area (Å²) < 4.78 is 16.2. The van der Waals surface area contributed by atoms with Crippen molar-refractivity contribution in [3.63, 3.8) is 0 Å². The zero-order valence-electron chi connectivity index (χ0n) is 12.5. The third-order valence-electron chi connectivity index (χ3n) is 3.29. The van der Waals surface area contributed by atoms with Crippen LogP contribution in [0.1, 0.15) is 17.3 Å². The van der Waals surface area contributed by atoms with Crippen LogP contribution in [0.25, 0.3) is 0 Å². The number of nitrogens with two attached hydrogens (primary N) is 1. The quantitative estimate of drug-likeness (QED) is 0.649. The number of rotatable bonds is 5. The minimum atomic E-state index is -0.401. The van der Waals surface area contributed by atoms with E-state index in [0.717, 1.165) is 13.1 Å². The summed E-state index contributed by atoms with van der Waals surface area (Å²) in [5.41, 5.74) is 6.69. The zero-order chi connectivity index (χ0) is 15.2. The zero-order valence-corrected chi connectivity index (χ0v) is 12.5. The maximum absolute atomic E-state index is 12.0. The number of esters is 1. The number of hydrogen-bond acceptors (Lipinski definition) is 6. The second-order valence-corrected chi connectivity index (χ2v) is 5.04. The molecule has 1 aliphatic rings. The van der Waals surface area contributed by atoms with Crippen LogP contribution in [0.5, 0.6) is 5.75 Å². The summed E-state index contributed by atoms with van der Waals surface area (Å²) in [6.45, 7) is 4.98. The standard InChI is InChI=1S/C15H22N2O4/c1-3-19-14-5-4-11(8-13(14)16)15(18)21-10-12-9-17(2)6-7-20-12/h4-5,8,12H,3,6-7,9-10,16H2,1-2H3. The molecule has 0 spiro atoms. The van der Waals surface area contributed by atoms with Gasteiger partial charge in [0.1, 0.15) is 18.5 Å². The number of nitrogen functional groups attached to an aromatic ring is 1. The Morgan fingerprint density at radius 3 is 3.00 bits per heavy atom. The third-order valence-corrected chi connectivity index (χ3v) is 3.29. The van der Waals surface area contributed by atoms with Gasteiger partial charge >= 0.3 is 5.97 Å². The minimum Gasteiger partial charge on any atom is -0.492 e. The van der Waals surface area contributed by atoms with Crippen molar-refractivity contribution in [1.29, 1.82) is 0 Å². The first-order valence-electron chi connectivity index (χ1n) is 7.09. The Bertz CT molecular complexity index is 493. The van der Waals surface area contributed by atoms with Gasteiger partial charge in [0.25, 0.3) is 0 Å². The molecule has 1 fully saturated rings. The Morgan fingerprint density at radius 1 is 1.52 bits per heavy atom. The molecule has 0 bridgehead atoms. The van der Waals surface area contributed by atoms with Gasteiger partial charge in [0.05, 0.1) is 24.5 Å². The van der Waals surface area contributed by atoms with Gasteiger partial charge < -0.3 is 24.8 Å². The summed E-state index contributed by atoms with van der Waals surface area (Å²) in [5.74, 6) is 0.174. The molecule has 116 valence electrons. The number of hydrogen-bond donors (Lipinski definition) is 1. The van der Waals surface area contributed by atoms with Crippen LogP contribution in [0.2, 0.25) is 0 Å². The molecule has 0 aromatic heterocycles. The lowest BCUT2D eigenvalue weighted by Gasteiger charge is -2.29. The van der Waals surface area contributed by atoms with Crippen LogP contribution in [-0.2, 0) is 9.47 Å². The molecule has 6 nitrogen and oxygen atoms in total. The number of likely N-dealkylation sites (N-methyl/N-ethyl adjacent to an activating group) is 1. The van der Waals surface area contributed by atoms with E-state index in [2.05, 4.69) is 4.90 Å². The van der Waals surface area contributed by atoms with Gasteiger partial charge in [-0.15, -0.1) is 0 Å². The summed E-state index contributed by atoms with van der Waals surface area (Å²) in [6, 6.07) is 4.90. The van der Waals surface area contributed by atoms with Gasteiger partial charge in [-0.25, -0.2) is 4.79 Å². The van der Waals surface area contributed by atoms with Crippen LogP contribution in [0.4, 0.5) is 5.69 Å². The third kappa shape index (κ3) is 4.34. The van der Waals surface area contributed by atoms with Crippen molar-refractivity contribution in [3.8, 4) is 5.75 Å². The van der Waals surface area contributed by atoms with Gasteiger partial charge in [-0.05, 0) is 32.2 Å². The normalized spacial score (nSPS) is 19.2. The number of morpholine rings is 1. The summed E-state index contributed by atoms with van der Waals surface area (Å²) in [5, 5.41) is 0. The molecule has 0 saturated carbocycles. The van der Waals surface area contributed by atoms with E-state index in [1.54, 1.807) is 18.2 Å². The molecule has 1 saturated heterocycles. The number of anilines is 1. The highest BCUT2D eigenvalue weighted by atomic mass is 16.6. The maximum atomic E-state index is 12.0. The summed E-state index contributed by atoms with van der Waals surface area (Å²) in [6.07, 6.45) is -0.0762. The molecule has 0 aliphatic carbocycles. The molecular formula is C15H22N2O4. The molecule has 1 aliphatic heterocycles. The van der Waals surface area contributed by atoms with E-state index < -0.39 is 5.97 Å². The number of carbonyl (C=O) groups is 1. The van der Waals surface area contributed by atoms with Gasteiger partial charge in [0.15, 0.2) is 0 Å². The van der Waals surface area contributed by atoms with Crippen molar-refractivity contribution in [3.05, 3.63) is 23.8 Å². The largest absolute Gasteiger partial charge is 0.492 e. The van der Waals surface area contributed by atoms with Crippen molar-refractivity contribution in [2.24, 2.45) is 0 Å². The van der Waals surface area contributed by atoms with Gasteiger partial charge in [0, 0.05) is 13.1 Å². The molecule has 0 amide bonds. The van der Waals surface area contributed by atoms with E-state index in [1.165, 1.54) is 0 Å². The van der Waals surface area contributed by atoms with Crippen molar-refractivity contribution in [2.75, 3.05) is 45.7 Å². The summed E-state index contributed by atoms with van der Waals surface area (Å²) >= 11 is 0. The smallest absolute Gasteiger partial charge is 0.338 e. The van der Waals surface area contributed by atoms with E-state index in [4.69, 9.17) is 19.9 Å². The van der Waals surface area contributed by atoms with E-state index in [1.807, 2.05) is 14.0 Å². The van der Waals surface area contributed by atoms with Crippen molar-refractivity contribution < 1.29 is 19.0 Å². The number of carbonyl (C=O) groups excluding carboxylic acids is 1. The highest BCUT2D eigenvalue weighted by molar-refractivity contribution is 5.91. The fourth-order valence-electron chi connectivity index (χ4n) is 2.18. The molecule has 2 N–H and O–H groups in total. The first-order chi connectivity index (χ1) is 10.1. The van der Waals surface area contributed by atoms with E-state index >= 15 is 0 Å². The topological polar surface area (TPSA) is 74.0 Å². The predicted octanol–water partition coefficient (Wildman–Crippen LogP) is 1.15. The summed E-state index contributed by atoms with van der Waals surface area (Å²) in [4.78, 5) is 14.2.